The summed E-state index contributed by atoms with van der Waals surface area (Å²) in [5.74, 6) is -1.07. The molecular formula is C24H26F3N3O4S. The molecule has 1 unspecified atom stereocenters. The molecule has 0 aromatic heterocycles. The van der Waals surface area contributed by atoms with Crippen LogP contribution in [0.25, 0.3) is 0 Å². The van der Waals surface area contributed by atoms with Crippen molar-refractivity contribution in [2.24, 2.45) is 0 Å². The van der Waals surface area contributed by atoms with Gasteiger partial charge in [0.15, 0.2) is 0 Å². The van der Waals surface area contributed by atoms with Crippen LogP contribution in [-0.2, 0) is 26.9 Å². The Morgan fingerprint density at radius 2 is 1.77 bits per heavy atom. The molecule has 3 N–H and O–H groups in total. The summed E-state index contributed by atoms with van der Waals surface area (Å²) in [4.78, 5) is 39.1. The molecule has 0 saturated heterocycles. The lowest BCUT2D eigenvalue weighted by atomic mass is 9.99. The monoisotopic (exact) mass is 509 g/mol. The van der Waals surface area contributed by atoms with Crippen LogP contribution < -0.4 is 16.0 Å². The van der Waals surface area contributed by atoms with E-state index in [-0.39, 0.29) is 11.3 Å². The fourth-order valence-corrected chi connectivity index (χ4v) is 4.43. The van der Waals surface area contributed by atoms with E-state index < -0.39 is 53.8 Å². The van der Waals surface area contributed by atoms with Crippen molar-refractivity contribution in [3.63, 3.8) is 0 Å². The van der Waals surface area contributed by atoms with Gasteiger partial charge in [-0.15, -0.1) is 11.8 Å². The van der Waals surface area contributed by atoms with Gasteiger partial charge in [0.1, 0.15) is 17.7 Å². The maximum absolute atomic E-state index is 13.5. The zero-order valence-electron chi connectivity index (χ0n) is 19.4. The average molecular weight is 510 g/mol. The SMILES string of the molecule is CC(C)(C)OC(=O)N[C@H](Cc1ccccc1C(F)(F)F)C(=O)NC1CSc2ccccc2NC1=O. The van der Waals surface area contributed by atoms with Gasteiger partial charge >= 0.3 is 12.3 Å². The molecule has 3 amide bonds. The second-order valence-electron chi connectivity index (χ2n) is 8.92. The minimum atomic E-state index is -4.65. The van der Waals surface area contributed by atoms with Gasteiger partial charge in [0.25, 0.3) is 0 Å². The Bertz CT molecular complexity index is 1100. The van der Waals surface area contributed by atoms with Crippen LogP contribution in [0.15, 0.2) is 53.4 Å². The number of hydrogen-bond acceptors (Lipinski definition) is 5. The molecule has 0 saturated carbocycles. The van der Waals surface area contributed by atoms with Crippen molar-refractivity contribution in [3.8, 4) is 0 Å². The standard InChI is InChI=1S/C24H26F3N3O4S/c1-23(2,3)34-22(33)30-17(12-14-8-4-5-9-15(14)24(25,26)27)20(31)29-18-13-35-19-11-7-6-10-16(19)28-21(18)32/h4-11,17-18H,12-13H2,1-3H3,(H,28,32)(H,29,31)(H,30,33)/t17-,18?/m1/s1. The van der Waals surface area contributed by atoms with E-state index in [4.69, 9.17) is 4.74 Å². The predicted molar refractivity (Wildman–Crippen MR) is 126 cm³/mol. The predicted octanol–water partition coefficient (Wildman–Crippen LogP) is 4.37. The van der Waals surface area contributed by atoms with Crippen LogP contribution in [0.3, 0.4) is 0 Å². The van der Waals surface area contributed by atoms with Crippen molar-refractivity contribution < 1.29 is 32.3 Å². The first-order valence-corrected chi connectivity index (χ1v) is 11.8. The lowest BCUT2D eigenvalue weighted by molar-refractivity contribution is -0.138. The molecule has 1 heterocycles. The number of alkyl carbamates (subject to hydrolysis) is 1. The van der Waals surface area contributed by atoms with Crippen molar-refractivity contribution in [2.75, 3.05) is 11.1 Å². The molecule has 188 valence electrons. The van der Waals surface area contributed by atoms with Gasteiger partial charge in [-0.3, -0.25) is 9.59 Å². The van der Waals surface area contributed by atoms with Crippen molar-refractivity contribution in [2.45, 2.75) is 55.9 Å². The number of thioether (sulfide) groups is 1. The molecule has 7 nitrogen and oxygen atoms in total. The minimum Gasteiger partial charge on any atom is -0.444 e. The molecule has 35 heavy (non-hydrogen) atoms. The summed E-state index contributed by atoms with van der Waals surface area (Å²) in [6.45, 7) is 4.85. The molecule has 3 rings (SSSR count). The van der Waals surface area contributed by atoms with Crippen molar-refractivity contribution in [1.29, 1.82) is 0 Å². The number of fused-ring (bicyclic) bond motifs is 1. The summed E-state index contributed by atoms with van der Waals surface area (Å²) in [7, 11) is 0. The number of ether oxygens (including phenoxy) is 1. The van der Waals surface area contributed by atoms with Crippen LogP contribution in [0.2, 0.25) is 0 Å². The maximum atomic E-state index is 13.5. The summed E-state index contributed by atoms with van der Waals surface area (Å²) < 4.78 is 45.7. The van der Waals surface area contributed by atoms with Gasteiger partial charge in [0.05, 0.1) is 11.3 Å². The summed E-state index contributed by atoms with van der Waals surface area (Å²) in [6.07, 6.45) is -6.07. The van der Waals surface area contributed by atoms with E-state index in [2.05, 4.69) is 16.0 Å². The molecule has 1 aliphatic rings. The molecule has 0 aliphatic carbocycles. The van der Waals surface area contributed by atoms with E-state index in [0.717, 1.165) is 11.0 Å². The Hall–Kier alpha value is -3.21. The number of nitrogens with one attached hydrogen (secondary N) is 3. The highest BCUT2D eigenvalue weighted by atomic mass is 32.2. The molecule has 0 spiro atoms. The summed E-state index contributed by atoms with van der Waals surface area (Å²) >= 11 is 1.35. The fraction of sp³-hybridized carbons (Fsp3) is 0.375. The van der Waals surface area contributed by atoms with Crippen LogP contribution in [0.4, 0.5) is 23.7 Å². The first-order valence-electron chi connectivity index (χ1n) is 10.8. The molecule has 11 heteroatoms. The summed E-state index contributed by atoms with van der Waals surface area (Å²) in [5, 5.41) is 7.66. The zero-order chi connectivity index (χ0) is 25.8. The van der Waals surface area contributed by atoms with E-state index in [1.54, 1.807) is 32.9 Å². The number of carbonyl (C=O) groups is 3. The van der Waals surface area contributed by atoms with Crippen molar-refractivity contribution >= 4 is 35.4 Å². The lowest BCUT2D eigenvalue weighted by Gasteiger charge is -2.25. The van der Waals surface area contributed by atoms with Crippen LogP contribution >= 0.6 is 11.8 Å². The Morgan fingerprint density at radius 1 is 1.11 bits per heavy atom. The van der Waals surface area contributed by atoms with E-state index in [0.29, 0.717) is 5.69 Å². The minimum absolute atomic E-state index is 0.177. The van der Waals surface area contributed by atoms with Gasteiger partial charge in [-0.1, -0.05) is 30.3 Å². The smallest absolute Gasteiger partial charge is 0.416 e. The number of anilines is 1. The fourth-order valence-electron chi connectivity index (χ4n) is 3.40. The van der Waals surface area contributed by atoms with E-state index in [1.165, 1.54) is 30.0 Å². The first-order chi connectivity index (χ1) is 16.3. The Labute approximate surface area is 205 Å². The van der Waals surface area contributed by atoms with Crippen LogP contribution in [-0.4, -0.2) is 41.3 Å². The van der Waals surface area contributed by atoms with Crippen molar-refractivity contribution in [1.82, 2.24) is 10.6 Å². The molecule has 0 fully saturated rings. The van der Waals surface area contributed by atoms with E-state index in [9.17, 15) is 27.6 Å². The molecule has 0 radical (unpaired) electrons. The number of benzene rings is 2. The molecule has 2 aromatic rings. The summed E-state index contributed by atoms with van der Waals surface area (Å²) in [5.41, 5.74) is -1.38. The highest BCUT2D eigenvalue weighted by Gasteiger charge is 2.36. The van der Waals surface area contributed by atoms with Crippen molar-refractivity contribution in [3.05, 3.63) is 59.7 Å². The third-order valence-corrected chi connectivity index (χ3v) is 6.10. The molecule has 1 aliphatic heterocycles. The number of carbonyl (C=O) groups excluding carboxylic acids is 3. The molecular weight excluding hydrogens is 483 g/mol. The largest absolute Gasteiger partial charge is 0.444 e. The van der Waals surface area contributed by atoms with Gasteiger partial charge in [-0.2, -0.15) is 13.2 Å². The number of amides is 3. The average Bonchev–Trinajstić information content (AvgIpc) is 2.90. The third kappa shape index (κ3) is 7.38. The Balaban J connectivity index is 1.81. The lowest BCUT2D eigenvalue weighted by Crippen LogP contribution is -2.54. The van der Waals surface area contributed by atoms with E-state index in [1.807, 2.05) is 12.1 Å². The van der Waals surface area contributed by atoms with Gasteiger partial charge in [-0.05, 0) is 44.5 Å². The second kappa shape index (κ2) is 10.6. The van der Waals surface area contributed by atoms with E-state index >= 15 is 0 Å². The highest BCUT2D eigenvalue weighted by molar-refractivity contribution is 7.99. The Kier molecular flexibility index (Phi) is 7.99. The van der Waals surface area contributed by atoms with Crippen LogP contribution in [0.1, 0.15) is 31.9 Å². The Morgan fingerprint density at radius 3 is 2.46 bits per heavy atom. The topological polar surface area (TPSA) is 96.5 Å². The number of alkyl halides is 3. The van der Waals surface area contributed by atoms with Gasteiger partial charge in [-0.25, -0.2) is 4.79 Å². The highest BCUT2D eigenvalue weighted by Crippen LogP contribution is 2.33. The first kappa shape index (κ1) is 26.4. The molecule has 2 atom stereocenters. The number of halogens is 3. The third-order valence-electron chi connectivity index (χ3n) is 4.94. The number of hydrogen-bond donors (Lipinski definition) is 3. The van der Waals surface area contributed by atoms with Gasteiger partial charge in [0, 0.05) is 17.1 Å². The van der Waals surface area contributed by atoms with Gasteiger partial charge < -0.3 is 20.7 Å². The number of rotatable bonds is 5. The van der Waals surface area contributed by atoms with Crippen LogP contribution in [0, 0.1) is 0 Å². The second-order valence-corrected chi connectivity index (χ2v) is 9.98. The summed E-state index contributed by atoms with van der Waals surface area (Å²) in [6, 6.07) is 9.55. The number of para-hydroxylation sites is 1. The molecule has 0 bridgehead atoms. The maximum Gasteiger partial charge on any atom is 0.416 e. The van der Waals surface area contributed by atoms with Gasteiger partial charge in [0.2, 0.25) is 11.8 Å². The zero-order valence-corrected chi connectivity index (χ0v) is 20.2. The normalized spacial score (nSPS) is 16.9. The van der Waals surface area contributed by atoms with Crippen LogP contribution in [0.5, 0.6) is 0 Å². The quantitative estimate of drug-likeness (QED) is 0.556. The molecule has 2 aromatic carbocycles.